The molecule has 0 bridgehead atoms. The molecule has 9 nitrogen and oxygen atoms in total. The maximum absolute atomic E-state index is 12.1. The summed E-state index contributed by atoms with van der Waals surface area (Å²) >= 11 is 0. The van der Waals surface area contributed by atoms with Crippen molar-refractivity contribution in [3.05, 3.63) is 0 Å². The molecule has 2 saturated heterocycles. The molecule has 0 radical (unpaired) electrons. The first-order valence-corrected chi connectivity index (χ1v) is 9.22. The van der Waals surface area contributed by atoms with Crippen molar-refractivity contribution in [1.82, 2.24) is 26.2 Å². The Morgan fingerprint density at radius 3 is 2.44 bits per heavy atom. The highest BCUT2D eigenvalue weighted by atomic mass is 127. The summed E-state index contributed by atoms with van der Waals surface area (Å²) in [6.07, 6.45) is 1.51. The van der Waals surface area contributed by atoms with E-state index in [1.54, 1.807) is 6.92 Å². The molecule has 2 fully saturated rings. The zero-order chi connectivity index (χ0) is 19.3. The van der Waals surface area contributed by atoms with Crippen molar-refractivity contribution in [2.45, 2.75) is 52.1 Å². The maximum Gasteiger partial charge on any atom is 0.322 e. The van der Waals surface area contributed by atoms with Gasteiger partial charge in [0.1, 0.15) is 12.1 Å². The highest BCUT2D eigenvalue weighted by Crippen LogP contribution is 2.30. The fourth-order valence-corrected chi connectivity index (χ4v) is 3.45. The summed E-state index contributed by atoms with van der Waals surface area (Å²) in [5, 5.41) is 11.1. The number of rotatable bonds is 5. The van der Waals surface area contributed by atoms with Gasteiger partial charge in [-0.05, 0) is 46.5 Å². The number of likely N-dealkylation sites (tertiary alicyclic amines) is 1. The number of piperidine rings is 1. The minimum absolute atomic E-state index is 0. The molecule has 27 heavy (non-hydrogen) atoms. The molecule has 2 aliphatic heterocycles. The van der Waals surface area contributed by atoms with E-state index in [-0.39, 0.29) is 54.3 Å². The molecule has 0 aromatic carbocycles. The van der Waals surface area contributed by atoms with Crippen LogP contribution in [0.15, 0.2) is 4.99 Å². The van der Waals surface area contributed by atoms with Crippen LogP contribution in [0, 0.1) is 5.92 Å². The molecule has 2 rings (SSSR count). The number of urea groups is 1. The summed E-state index contributed by atoms with van der Waals surface area (Å²) in [6.45, 7) is 9.80. The third-order valence-electron chi connectivity index (χ3n) is 4.84. The van der Waals surface area contributed by atoms with Crippen molar-refractivity contribution in [2.24, 2.45) is 10.9 Å². The van der Waals surface area contributed by atoms with Gasteiger partial charge in [-0.1, -0.05) is 0 Å². The number of hydrogen-bond acceptors (Lipinski definition) is 4. The van der Waals surface area contributed by atoms with Crippen molar-refractivity contribution in [3.8, 4) is 0 Å². The van der Waals surface area contributed by atoms with Gasteiger partial charge in [0.2, 0.25) is 5.91 Å². The third kappa shape index (κ3) is 5.94. The molecular formula is C17H31IN6O3. The first-order valence-electron chi connectivity index (χ1n) is 9.22. The lowest BCUT2D eigenvalue weighted by Crippen LogP contribution is -2.55. The van der Waals surface area contributed by atoms with Crippen LogP contribution in [0.25, 0.3) is 0 Å². The molecule has 2 heterocycles. The first kappa shape index (κ1) is 23.4. The fraction of sp³-hybridized carbons (Fsp3) is 0.765. The Morgan fingerprint density at radius 1 is 1.33 bits per heavy atom. The third-order valence-corrected chi connectivity index (χ3v) is 4.84. The number of aliphatic imine (C=N–C) groups is 1. The summed E-state index contributed by atoms with van der Waals surface area (Å²) in [5.74, 6) is 0.405. The normalized spacial score (nSPS) is 23.6. The first-order chi connectivity index (χ1) is 12.3. The van der Waals surface area contributed by atoms with Crippen LogP contribution in [0.3, 0.4) is 0 Å². The van der Waals surface area contributed by atoms with Gasteiger partial charge in [-0.3, -0.25) is 14.9 Å². The van der Waals surface area contributed by atoms with Gasteiger partial charge in [-0.2, -0.15) is 0 Å². The van der Waals surface area contributed by atoms with Crippen LogP contribution in [0.2, 0.25) is 0 Å². The Kier molecular flexibility index (Phi) is 8.76. The number of imide groups is 1. The van der Waals surface area contributed by atoms with Gasteiger partial charge in [-0.15, -0.1) is 24.0 Å². The Hall–Kier alpha value is -1.59. The van der Waals surface area contributed by atoms with Gasteiger partial charge in [-0.25, -0.2) is 9.79 Å². The quantitative estimate of drug-likeness (QED) is 0.191. The number of nitrogens with one attached hydrogen (secondary N) is 4. The van der Waals surface area contributed by atoms with Gasteiger partial charge in [0.25, 0.3) is 5.91 Å². The van der Waals surface area contributed by atoms with E-state index >= 15 is 0 Å². The van der Waals surface area contributed by atoms with E-state index in [4.69, 9.17) is 0 Å². The minimum atomic E-state index is -0.851. The second-order valence-electron chi connectivity index (χ2n) is 7.26. The predicted molar refractivity (Wildman–Crippen MR) is 114 cm³/mol. The zero-order valence-corrected chi connectivity index (χ0v) is 18.8. The Morgan fingerprint density at radius 2 is 1.96 bits per heavy atom. The van der Waals surface area contributed by atoms with E-state index in [1.165, 1.54) is 0 Å². The molecule has 0 aromatic heterocycles. The summed E-state index contributed by atoms with van der Waals surface area (Å²) in [6, 6.07) is -0.337. The number of guanidine groups is 1. The van der Waals surface area contributed by atoms with Crippen molar-refractivity contribution in [2.75, 3.05) is 26.2 Å². The van der Waals surface area contributed by atoms with E-state index in [9.17, 15) is 14.4 Å². The van der Waals surface area contributed by atoms with Crippen molar-refractivity contribution in [3.63, 3.8) is 0 Å². The second-order valence-corrected chi connectivity index (χ2v) is 7.26. The van der Waals surface area contributed by atoms with Crippen molar-refractivity contribution in [1.29, 1.82) is 0 Å². The van der Waals surface area contributed by atoms with Crippen LogP contribution in [-0.2, 0) is 9.59 Å². The van der Waals surface area contributed by atoms with Crippen LogP contribution in [0.5, 0.6) is 0 Å². The zero-order valence-electron chi connectivity index (χ0n) is 16.4. The molecule has 1 atom stereocenters. The average molecular weight is 494 g/mol. The smallest absolute Gasteiger partial charge is 0.322 e. The predicted octanol–water partition coefficient (Wildman–Crippen LogP) is 0.405. The molecule has 0 aromatic rings. The van der Waals surface area contributed by atoms with Crippen LogP contribution in [0.1, 0.15) is 40.5 Å². The van der Waals surface area contributed by atoms with E-state index in [1.807, 2.05) is 20.8 Å². The molecule has 154 valence electrons. The number of carbonyl (C=O) groups excluding carboxylic acids is 3. The number of nitrogens with zero attached hydrogens (tertiary/aromatic N) is 2. The maximum atomic E-state index is 12.1. The average Bonchev–Trinajstić information content (AvgIpc) is 2.84. The van der Waals surface area contributed by atoms with Gasteiger partial charge in [0, 0.05) is 25.7 Å². The topological polar surface area (TPSA) is 115 Å². The Labute approximate surface area is 177 Å². The lowest BCUT2D eigenvalue weighted by Gasteiger charge is -2.39. The molecule has 10 heteroatoms. The lowest BCUT2D eigenvalue weighted by molar-refractivity contribution is -0.125. The molecule has 0 saturated carbocycles. The Balaban J connectivity index is 0.00000364. The van der Waals surface area contributed by atoms with E-state index in [0.29, 0.717) is 25.6 Å². The van der Waals surface area contributed by atoms with Gasteiger partial charge in [0.15, 0.2) is 5.96 Å². The SMILES string of the molecule is CCNC(=NCC(=O)NC(C)C)N1CCC(C2(C)NC(=O)NC2=O)CC1.I. The second kappa shape index (κ2) is 10.1. The highest BCUT2D eigenvalue weighted by molar-refractivity contribution is 14.0. The Bertz CT molecular complexity index is 589. The number of hydrogen-bond donors (Lipinski definition) is 4. The van der Waals surface area contributed by atoms with E-state index in [0.717, 1.165) is 12.8 Å². The number of amides is 4. The van der Waals surface area contributed by atoms with Gasteiger partial charge < -0.3 is 20.9 Å². The van der Waals surface area contributed by atoms with E-state index in [2.05, 4.69) is 31.2 Å². The summed E-state index contributed by atoms with van der Waals surface area (Å²) in [7, 11) is 0. The summed E-state index contributed by atoms with van der Waals surface area (Å²) in [4.78, 5) is 41.9. The van der Waals surface area contributed by atoms with Crippen LogP contribution in [-0.4, -0.2) is 66.5 Å². The summed E-state index contributed by atoms with van der Waals surface area (Å²) < 4.78 is 0. The summed E-state index contributed by atoms with van der Waals surface area (Å²) in [5.41, 5.74) is -0.851. The van der Waals surface area contributed by atoms with E-state index < -0.39 is 11.6 Å². The lowest BCUT2D eigenvalue weighted by atomic mass is 9.79. The molecular weight excluding hydrogens is 463 g/mol. The monoisotopic (exact) mass is 494 g/mol. The van der Waals surface area contributed by atoms with Gasteiger partial charge >= 0.3 is 6.03 Å². The molecule has 0 spiro atoms. The highest BCUT2D eigenvalue weighted by Gasteiger charge is 2.48. The molecule has 1 unspecified atom stereocenters. The largest absolute Gasteiger partial charge is 0.357 e. The van der Waals surface area contributed by atoms with Crippen LogP contribution >= 0.6 is 24.0 Å². The molecule has 4 amide bonds. The minimum Gasteiger partial charge on any atom is -0.357 e. The van der Waals surface area contributed by atoms with Crippen molar-refractivity contribution < 1.29 is 14.4 Å². The van der Waals surface area contributed by atoms with Gasteiger partial charge in [0.05, 0.1) is 0 Å². The number of halogens is 1. The van der Waals surface area contributed by atoms with Crippen LogP contribution in [0.4, 0.5) is 4.79 Å². The van der Waals surface area contributed by atoms with Crippen molar-refractivity contribution >= 4 is 47.8 Å². The fourth-order valence-electron chi connectivity index (χ4n) is 3.45. The molecule has 4 N–H and O–H groups in total. The molecule has 0 aliphatic carbocycles. The molecule has 2 aliphatic rings. The standard InChI is InChI=1S/C17H30N6O3.HI/c1-5-18-15(19-10-13(24)20-11(2)3)23-8-6-12(7-9-23)17(4)14(25)21-16(26)22-17;/h11-12H,5-10H2,1-4H3,(H,18,19)(H,20,24)(H2,21,22,25,26);1H. The van der Waals surface area contributed by atoms with Crippen LogP contribution < -0.4 is 21.3 Å². The number of carbonyl (C=O) groups is 3.